The summed E-state index contributed by atoms with van der Waals surface area (Å²) in [5.41, 5.74) is 12.6. The van der Waals surface area contributed by atoms with Crippen molar-refractivity contribution in [1.82, 2.24) is 5.32 Å². The Balaban J connectivity index is 4.41. The molecule has 0 aliphatic rings. The van der Waals surface area contributed by atoms with E-state index in [1.165, 1.54) is 0 Å². The SMILES string of the molecule is CC(C)(C)OC(=O)[C@H](CCC(N)=O)NC(=O)CCCCCN=[N+]=[N-]. The molecular weight excluding hydrogens is 314 g/mol. The Hall–Kier alpha value is -2.28. The topological polar surface area (TPSA) is 147 Å². The molecule has 0 unspecified atom stereocenters. The molecule has 24 heavy (non-hydrogen) atoms. The Morgan fingerprint density at radius 2 is 1.88 bits per heavy atom. The number of carbonyl (C=O) groups excluding carboxylic acids is 3. The molecule has 0 saturated heterocycles. The number of carbonyl (C=O) groups is 3. The summed E-state index contributed by atoms with van der Waals surface area (Å²) >= 11 is 0. The molecule has 0 rings (SSSR count). The molecule has 3 N–H and O–H groups in total. The second kappa shape index (κ2) is 11.3. The first-order valence-electron chi connectivity index (χ1n) is 7.97. The highest BCUT2D eigenvalue weighted by atomic mass is 16.6. The maximum absolute atomic E-state index is 12.1. The van der Waals surface area contributed by atoms with Crippen LogP contribution in [0.25, 0.3) is 10.4 Å². The number of hydrogen-bond donors (Lipinski definition) is 2. The van der Waals surface area contributed by atoms with E-state index in [0.29, 0.717) is 19.4 Å². The predicted octanol–water partition coefficient (Wildman–Crippen LogP) is 1.95. The van der Waals surface area contributed by atoms with Crippen molar-refractivity contribution in [2.24, 2.45) is 10.8 Å². The Morgan fingerprint density at radius 3 is 2.42 bits per heavy atom. The molecule has 0 aliphatic heterocycles. The van der Waals surface area contributed by atoms with Crippen LogP contribution >= 0.6 is 0 Å². The van der Waals surface area contributed by atoms with Crippen LogP contribution in [0.5, 0.6) is 0 Å². The van der Waals surface area contributed by atoms with Gasteiger partial charge in [0.1, 0.15) is 11.6 Å². The molecule has 0 aromatic carbocycles. The molecule has 0 fully saturated rings. The van der Waals surface area contributed by atoms with Crippen molar-refractivity contribution < 1.29 is 19.1 Å². The van der Waals surface area contributed by atoms with Gasteiger partial charge in [0.05, 0.1) is 0 Å². The summed E-state index contributed by atoms with van der Waals surface area (Å²) in [5.74, 6) is -1.42. The highest BCUT2D eigenvalue weighted by Crippen LogP contribution is 2.11. The maximum atomic E-state index is 12.1. The van der Waals surface area contributed by atoms with E-state index in [9.17, 15) is 14.4 Å². The van der Waals surface area contributed by atoms with Gasteiger partial charge in [-0.05, 0) is 45.6 Å². The van der Waals surface area contributed by atoms with E-state index in [-0.39, 0.29) is 25.2 Å². The fourth-order valence-corrected chi connectivity index (χ4v) is 1.86. The number of ether oxygens (including phenoxy) is 1. The fraction of sp³-hybridized carbons (Fsp3) is 0.800. The van der Waals surface area contributed by atoms with Crippen LogP contribution < -0.4 is 11.1 Å². The maximum Gasteiger partial charge on any atom is 0.329 e. The van der Waals surface area contributed by atoms with Gasteiger partial charge in [-0.1, -0.05) is 11.5 Å². The second-order valence-electron chi connectivity index (χ2n) is 6.42. The normalized spacial score (nSPS) is 12.0. The van der Waals surface area contributed by atoms with Crippen LogP contribution in [-0.4, -0.2) is 36.0 Å². The first-order valence-corrected chi connectivity index (χ1v) is 7.97. The summed E-state index contributed by atoms with van der Waals surface area (Å²) in [6, 6.07) is -0.896. The zero-order valence-corrected chi connectivity index (χ0v) is 14.6. The molecule has 1 atom stereocenters. The Bertz CT molecular complexity index is 481. The minimum absolute atomic E-state index is 0.0175. The van der Waals surface area contributed by atoms with Crippen LogP contribution in [0.3, 0.4) is 0 Å². The van der Waals surface area contributed by atoms with E-state index in [1.54, 1.807) is 20.8 Å². The lowest BCUT2D eigenvalue weighted by Gasteiger charge is -2.24. The summed E-state index contributed by atoms with van der Waals surface area (Å²) in [4.78, 5) is 37.6. The van der Waals surface area contributed by atoms with E-state index >= 15 is 0 Å². The molecular formula is C15H27N5O4. The van der Waals surface area contributed by atoms with Crippen molar-refractivity contribution in [3.8, 4) is 0 Å². The molecule has 0 aliphatic carbocycles. The monoisotopic (exact) mass is 341 g/mol. The second-order valence-corrected chi connectivity index (χ2v) is 6.42. The van der Waals surface area contributed by atoms with Crippen LogP contribution in [0.2, 0.25) is 0 Å². The van der Waals surface area contributed by atoms with E-state index < -0.39 is 23.5 Å². The van der Waals surface area contributed by atoms with Crippen molar-refractivity contribution in [2.45, 2.75) is 70.9 Å². The predicted molar refractivity (Wildman–Crippen MR) is 88.7 cm³/mol. The zero-order valence-electron chi connectivity index (χ0n) is 14.6. The van der Waals surface area contributed by atoms with Gasteiger partial charge in [-0.2, -0.15) is 0 Å². The average Bonchev–Trinajstić information content (AvgIpc) is 2.45. The Morgan fingerprint density at radius 1 is 1.21 bits per heavy atom. The Kier molecular flexibility index (Phi) is 10.2. The number of esters is 1. The van der Waals surface area contributed by atoms with Gasteiger partial charge in [0.15, 0.2) is 0 Å². The van der Waals surface area contributed by atoms with Crippen molar-refractivity contribution in [1.29, 1.82) is 0 Å². The highest BCUT2D eigenvalue weighted by molar-refractivity contribution is 5.85. The standard InChI is InChI=1S/C15H27N5O4/c1-15(2,3)24-14(23)11(8-9-12(16)21)19-13(22)7-5-4-6-10-18-20-17/h11H,4-10H2,1-3H3,(H2,16,21)(H,19,22)/t11-/m0/s1. The van der Waals surface area contributed by atoms with Crippen molar-refractivity contribution >= 4 is 17.8 Å². The number of amides is 2. The summed E-state index contributed by atoms with van der Waals surface area (Å²) < 4.78 is 5.25. The molecule has 136 valence electrons. The van der Waals surface area contributed by atoms with E-state index in [1.807, 2.05) is 0 Å². The molecule has 0 radical (unpaired) electrons. The summed E-state index contributed by atoms with van der Waals surface area (Å²) in [6.07, 6.45) is 2.39. The molecule has 0 aromatic rings. The van der Waals surface area contributed by atoms with Gasteiger partial charge < -0.3 is 15.8 Å². The van der Waals surface area contributed by atoms with Gasteiger partial charge in [-0.15, -0.1) is 0 Å². The van der Waals surface area contributed by atoms with Gasteiger partial charge in [0.25, 0.3) is 0 Å². The minimum atomic E-state index is -0.896. The van der Waals surface area contributed by atoms with Gasteiger partial charge in [-0.25, -0.2) is 4.79 Å². The van der Waals surface area contributed by atoms with Gasteiger partial charge in [0.2, 0.25) is 11.8 Å². The van der Waals surface area contributed by atoms with Crippen LogP contribution in [0.15, 0.2) is 5.11 Å². The number of rotatable bonds is 11. The third-order valence-corrected chi connectivity index (χ3v) is 2.93. The third kappa shape index (κ3) is 12.3. The quantitative estimate of drug-likeness (QED) is 0.194. The lowest BCUT2D eigenvalue weighted by molar-refractivity contribution is -0.158. The van der Waals surface area contributed by atoms with Crippen LogP contribution in [-0.2, 0) is 19.1 Å². The van der Waals surface area contributed by atoms with Crippen molar-refractivity contribution in [3.05, 3.63) is 10.4 Å². The smallest absolute Gasteiger partial charge is 0.329 e. The first-order chi connectivity index (χ1) is 11.2. The number of primary amides is 1. The number of nitrogens with two attached hydrogens (primary N) is 1. The van der Waals surface area contributed by atoms with Gasteiger partial charge >= 0.3 is 5.97 Å². The van der Waals surface area contributed by atoms with Crippen LogP contribution in [0.4, 0.5) is 0 Å². The molecule has 9 nitrogen and oxygen atoms in total. The molecule has 0 aromatic heterocycles. The number of hydrogen-bond acceptors (Lipinski definition) is 5. The third-order valence-electron chi connectivity index (χ3n) is 2.93. The lowest BCUT2D eigenvalue weighted by Crippen LogP contribution is -2.44. The number of unbranched alkanes of at least 4 members (excludes halogenated alkanes) is 2. The zero-order chi connectivity index (χ0) is 18.6. The highest BCUT2D eigenvalue weighted by Gasteiger charge is 2.26. The van der Waals surface area contributed by atoms with E-state index in [4.69, 9.17) is 16.0 Å². The first kappa shape index (κ1) is 21.7. The van der Waals surface area contributed by atoms with E-state index in [2.05, 4.69) is 15.3 Å². The average molecular weight is 341 g/mol. The fourth-order valence-electron chi connectivity index (χ4n) is 1.86. The number of nitrogens with zero attached hydrogens (tertiary/aromatic N) is 3. The minimum Gasteiger partial charge on any atom is -0.458 e. The van der Waals surface area contributed by atoms with E-state index in [0.717, 1.165) is 6.42 Å². The van der Waals surface area contributed by atoms with Crippen LogP contribution in [0, 0.1) is 0 Å². The van der Waals surface area contributed by atoms with Gasteiger partial charge in [-0.3, -0.25) is 9.59 Å². The van der Waals surface area contributed by atoms with Crippen molar-refractivity contribution in [2.75, 3.05) is 6.54 Å². The summed E-state index contributed by atoms with van der Waals surface area (Å²) in [5, 5.41) is 6.00. The molecule has 0 spiro atoms. The molecule has 2 amide bonds. The van der Waals surface area contributed by atoms with Crippen molar-refractivity contribution in [3.63, 3.8) is 0 Å². The summed E-state index contributed by atoms with van der Waals surface area (Å²) in [7, 11) is 0. The Labute approximate surface area is 141 Å². The largest absolute Gasteiger partial charge is 0.458 e. The lowest BCUT2D eigenvalue weighted by atomic mass is 10.1. The van der Waals surface area contributed by atoms with Gasteiger partial charge in [0, 0.05) is 24.3 Å². The molecule has 0 saturated carbocycles. The number of azide groups is 1. The summed E-state index contributed by atoms with van der Waals surface area (Å²) in [6.45, 7) is 5.57. The van der Waals surface area contributed by atoms with Crippen LogP contribution in [0.1, 0.15) is 59.3 Å². The molecule has 9 heteroatoms. The molecule has 0 bridgehead atoms. The molecule has 0 heterocycles. The number of nitrogens with one attached hydrogen (secondary N) is 1.